The van der Waals surface area contributed by atoms with Crippen LogP contribution in [0.25, 0.3) is 0 Å². The smallest absolute Gasteiger partial charge is 0.119 e. The van der Waals surface area contributed by atoms with E-state index in [9.17, 15) is 5.11 Å². The van der Waals surface area contributed by atoms with Gasteiger partial charge in [-0.2, -0.15) is 0 Å². The van der Waals surface area contributed by atoms with Gasteiger partial charge in [0.25, 0.3) is 0 Å². The number of hydrogen-bond acceptors (Lipinski definition) is 3. The molecule has 0 bridgehead atoms. The molecule has 2 aromatic rings. The number of nitrogens with zero attached hydrogens (tertiary/aromatic N) is 1. The van der Waals surface area contributed by atoms with Gasteiger partial charge in [-0.05, 0) is 49.7 Å². The van der Waals surface area contributed by atoms with Crippen molar-refractivity contribution in [1.29, 1.82) is 0 Å². The maximum atomic E-state index is 11.1. The molecule has 134 valence electrons. The van der Waals surface area contributed by atoms with Gasteiger partial charge in [0, 0.05) is 12.5 Å². The monoisotopic (exact) mass is 339 g/mol. The fourth-order valence-corrected chi connectivity index (χ4v) is 3.38. The highest BCUT2D eigenvalue weighted by molar-refractivity contribution is 5.32. The van der Waals surface area contributed by atoms with Crippen molar-refractivity contribution in [2.75, 3.05) is 27.7 Å². The highest BCUT2D eigenvalue weighted by atomic mass is 16.5. The number of rotatable bonds is 9. The topological polar surface area (TPSA) is 32.7 Å². The Hall–Kier alpha value is -2.10. The molecule has 0 saturated carbocycles. The minimum atomic E-state index is -0.542. The van der Waals surface area contributed by atoms with Crippen LogP contribution < -0.4 is 4.74 Å². The van der Waals surface area contributed by atoms with Crippen LogP contribution in [0.15, 0.2) is 67.3 Å². The minimum absolute atomic E-state index is 0.0440. The molecular weight excluding hydrogens is 310 g/mol. The molecule has 0 amide bonds. The summed E-state index contributed by atoms with van der Waals surface area (Å²) in [6.45, 7) is 4.72. The summed E-state index contributed by atoms with van der Waals surface area (Å²) in [5.41, 5.74) is 2.12. The largest absolute Gasteiger partial charge is 0.497 e. The molecule has 3 nitrogen and oxygen atoms in total. The molecule has 0 heterocycles. The van der Waals surface area contributed by atoms with Crippen molar-refractivity contribution >= 4 is 0 Å². The summed E-state index contributed by atoms with van der Waals surface area (Å²) in [7, 11) is 5.76. The molecule has 1 N–H and O–H groups in total. The third-order valence-corrected chi connectivity index (χ3v) is 4.58. The standard InChI is InChI=1S/C22H29NO2/c1-5-10-20(18-13-9-14-19(15-18)25-4)21(16-23(2)3)22(24)17-11-7-6-8-12-17/h5-9,11-15,20-22,24H,1,10,16H2,2-4H3. The van der Waals surface area contributed by atoms with E-state index in [4.69, 9.17) is 4.74 Å². The summed E-state index contributed by atoms with van der Waals surface area (Å²) in [5.74, 6) is 1.04. The summed E-state index contributed by atoms with van der Waals surface area (Å²) < 4.78 is 5.39. The first-order valence-corrected chi connectivity index (χ1v) is 8.69. The molecule has 0 saturated heterocycles. The number of benzene rings is 2. The maximum Gasteiger partial charge on any atom is 0.119 e. The number of methoxy groups -OCH3 is 1. The lowest BCUT2D eigenvalue weighted by Crippen LogP contribution is -2.31. The summed E-state index contributed by atoms with van der Waals surface area (Å²) in [6.07, 6.45) is 2.19. The van der Waals surface area contributed by atoms with Crippen LogP contribution >= 0.6 is 0 Å². The highest BCUT2D eigenvalue weighted by Crippen LogP contribution is 2.38. The van der Waals surface area contributed by atoms with Crippen LogP contribution in [0.3, 0.4) is 0 Å². The Balaban J connectivity index is 2.41. The lowest BCUT2D eigenvalue weighted by Gasteiger charge is -2.33. The maximum absolute atomic E-state index is 11.1. The first-order chi connectivity index (χ1) is 12.1. The Morgan fingerprint density at radius 1 is 1.08 bits per heavy atom. The van der Waals surface area contributed by atoms with Gasteiger partial charge in [0.05, 0.1) is 13.2 Å². The van der Waals surface area contributed by atoms with E-state index in [1.807, 2.05) is 62.6 Å². The van der Waals surface area contributed by atoms with E-state index >= 15 is 0 Å². The Morgan fingerprint density at radius 2 is 1.76 bits per heavy atom. The number of aliphatic hydroxyl groups is 1. The van der Waals surface area contributed by atoms with Crippen LogP contribution in [0.4, 0.5) is 0 Å². The van der Waals surface area contributed by atoms with E-state index in [-0.39, 0.29) is 11.8 Å². The Morgan fingerprint density at radius 3 is 2.36 bits per heavy atom. The van der Waals surface area contributed by atoms with Crippen molar-refractivity contribution in [2.45, 2.75) is 18.4 Å². The average Bonchev–Trinajstić information content (AvgIpc) is 2.64. The predicted molar refractivity (Wildman–Crippen MR) is 104 cm³/mol. The summed E-state index contributed by atoms with van der Waals surface area (Å²) in [5, 5.41) is 11.1. The van der Waals surface area contributed by atoms with Gasteiger partial charge in [-0.3, -0.25) is 0 Å². The predicted octanol–water partition coefficient (Wildman–Crippen LogP) is 4.27. The number of aliphatic hydroxyl groups excluding tert-OH is 1. The second kappa shape index (κ2) is 9.40. The lowest BCUT2D eigenvalue weighted by atomic mass is 9.78. The second-order valence-electron chi connectivity index (χ2n) is 6.69. The SMILES string of the molecule is C=CCC(c1cccc(OC)c1)C(CN(C)C)C(O)c1ccccc1. The normalized spacial score (nSPS) is 14.8. The van der Waals surface area contributed by atoms with Crippen molar-refractivity contribution in [3.63, 3.8) is 0 Å². The van der Waals surface area contributed by atoms with E-state index in [2.05, 4.69) is 23.6 Å². The summed E-state index contributed by atoms with van der Waals surface area (Å²) >= 11 is 0. The zero-order valence-corrected chi connectivity index (χ0v) is 15.4. The fraction of sp³-hybridized carbons (Fsp3) is 0.364. The van der Waals surface area contributed by atoms with E-state index in [1.54, 1.807) is 7.11 Å². The lowest BCUT2D eigenvalue weighted by molar-refractivity contribution is 0.0738. The zero-order chi connectivity index (χ0) is 18.2. The van der Waals surface area contributed by atoms with Crippen molar-refractivity contribution in [3.05, 3.63) is 78.4 Å². The van der Waals surface area contributed by atoms with Crippen LogP contribution in [-0.2, 0) is 0 Å². The summed E-state index contributed by atoms with van der Waals surface area (Å²) in [6, 6.07) is 18.0. The molecule has 25 heavy (non-hydrogen) atoms. The number of ether oxygens (including phenoxy) is 1. The summed E-state index contributed by atoms with van der Waals surface area (Å²) in [4.78, 5) is 2.13. The highest BCUT2D eigenvalue weighted by Gasteiger charge is 2.30. The number of allylic oxidation sites excluding steroid dienone is 1. The first-order valence-electron chi connectivity index (χ1n) is 8.69. The molecule has 2 aromatic carbocycles. The van der Waals surface area contributed by atoms with Crippen LogP contribution in [-0.4, -0.2) is 37.8 Å². The number of hydrogen-bond donors (Lipinski definition) is 1. The van der Waals surface area contributed by atoms with Gasteiger partial charge in [0.1, 0.15) is 5.75 Å². The van der Waals surface area contributed by atoms with Crippen LogP contribution in [0, 0.1) is 5.92 Å². The van der Waals surface area contributed by atoms with Crippen LogP contribution in [0.5, 0.6) is 5.75 Å². The molecule has 2 rings (SSSR count). The van der Waals surface area contributed by atoms with Crippen molar-refractivity contribution in [1.82, 2.24) is 4.90 Å². The van der Waals surface area contributed by atoms with Crippen molar-refractivity contribution < 1.29 is 9.84 Å². The molecule has 0 aliphatic heterocycles. The second-order valence-corrected chi connectivity index (χ2v) is 6.69. The van der Waals surface area contributed by atoms with Crippen molar-refractivity contribution in [3.8, 4) is 5.75 Å². The van der Waals surface area contributed by atoms with E-state index in [1.165, 1.54) is 5.56 Å². The third-order valence-electron chi connectivity index (χ3n) is 4.58. The van der Waals surface area contributed by atoms with Gasteiger partial charge in [0.2, 0.25) is 0 Å². The quantitative estimate of drug-likeness (QED) is 0.693. The molecule has 3 unspecified atom stereocenters. The molecule has 0 aromatic heterocycles. The van der Waals surface area contributed by atoms with E-state index in [0.717, 1.165) is 24.3 Å². The molecule has 0 radical (unpaired) electrons. The fourth-order valence-electron chi connectivity index (χ4n) is 3.38. The van der Waals surface area contributed by atoms with Gasteiger partial charge < -0.3 is 14.7 Å². The van der Waals surface area contributed by atoms with Crippen LogP contribution in [0.2, 0.25) is 0 Å². The molecule has 3 atom stereocenters. The minimum Gasteiger partial charge on any atom is -0.497 e. The van der Waals surface area contributed by atoms with Gasteiger partial charge in [-0.1, -0.05) is 48.5 Å². The molecule has 0 aliphatic rings. The Kier molecular flexibility index (Phi) is 7.23. The van der Waals surface area contributed by atoms with Gasteiger partial charge in [-0.15, -0.1) is 6.58 Å². The molecule has 0 spiro atoms. The molecular formula is C22H29NO2. The molecule has 0 aliphatic carbocycles. The Labute approximate surface area is 151 Å². The van der Waals surface area contributed by atoms with Crippen molar-refractivity contribution in [2.24, 2.45) is 5.92 Å². The Bertz CT molecular complexity index is 654. The van der Waals surface area contributed by atoms with Gasteiger partial charge in [0.15, 0.2) is 0 Å². The zero-order valence-electron chi connectivity index (χ0n) is 15.4. The molecule has 0 fully saturated rings. The average molecular weight is 339 g/mol. The molecule has 3 heteroatoms. The van der Waals surface area contributed by atoms with Gasteiger partial charge in [-0.25, -0.2) is 0 Å². The van der Waals surface area contributed by atoms with E-state index in [0.29, 0.717) is 0 Å². The first kappa shape index (κ1) is 19.2. The van der Waals surface area contributed by atoms with Gasteiger partial charge >= 0.3 is 0 Å². The van der Waals surface area contributed by atoms with E-state index < -0.39 is 6.10 Å². The van der Waals surface area contributed by atoms with Crippen LogP contribution in [0.1, 0.15) is 29.6 Å². The third kappa shape index (κ3) is 5.18.